The molecule has 0 spiro atoms. The van der Waals surface area contributed by atoms with Crippen LogP contribution in [-0.2, 0) is 0 Å². The van der Waals surface area contributed by atoms with Crippen LogP contribution in [0, 0.1) is 5.82 Å². The number of carbonyl (C=O) groups is 1. The highest BCUT2D eigenvalue weighted by Gasteiger charge is 2.31. The zero-order valence-electron chi connectivity index (χ0n) is 9.23. The SMILES string of the molecule is NC(=S)C1CCCN1C(=O)c1cccc(F)c1. The van der Waals surface area contributed by atoms with Crippen LogP contribution in [0.4, 0.5) is 4.39 Å². The summed E-state index contributed by atoms with van der Waals surface area (Å²) in [6.45, 7) is 0.622. The topological polar surface area (TPSA) is 46.3 Å². The Balaban J connectivity index is 2.23. The summed E-state index contributed by atoms with van der Waals surface area (Å²) in [5.74, 6) is -0.623. The number of nitrogens with two attached hydrogens (primary N) is 1. The number of rotatable bonds is 2. The average molecular weight is 252 g/mol. The maximum absolute atomic E-state index is 13.0. The van der Waals surface area contributed by atoms with E-state index >= 15 is 0 Å². The van der Waals surface area contributed by atoms with Crippen LogP contribution in [-0.4, -0.2) is 28.4 Å². The number of hydrogen-bond donors (Lipinski definition) is 1. The molecule has 0 radical (unpaired) electrons. The third-order valence-electron chi connectivity index (χ3n) is 2.91. The van der Waals surface area contributed by atoms with Crippen molar-refractivity contribution in [2.24, 2.45) is 5.73 Å². The van der Waals surface area contributed by atoms with Crippen LogP contribution in [0.1, 0.15) is 23.2 Å². The zero-order valence-corrected chi connectivity index (χ0v) is 10.0. The second-order valence-electron chi connectivity index (χ2n) is 4.07. The Labute approximate surface area is 104 Å². The van der Waals surface area contributed by atoms with Crippen LogP contribution < -0.4 is 5.73 Å². The fourth-order valence-corrected chi connectivity index (χ4v) is 2.34. The Morgan fingerprint density at radius 3 is 2.94 bits per heavy atom. The Bertz CT molecular complexity index is 464. The second kappa shape index (κ2) is 4.79. The predicted octanol–water partition coefficient (Wildman–Crippen LogP) is 1.72. The Kier molecular flexibility index (Phi) is 3.38. The first-order chi connectivity index (χ1) is 8.09. The van der Waals surface area contributed by atoms with E-state index in [1.54, 1.807) is 11.0 Å². The van der Waals surface area contributed by atoms with Crippen molar-refractivity contribution in [1.82, 2.24) is 4.90 Å². The Morgan fingerprint density at radius 1 is 1.53 bits per heavy atom. The number of thiocarbonyl (C=S) groups is 1. The quantitative estimate of drug-likeness (QED) is 0.815. The van der Waals surface area contributed by atoms with E-state index in [-0.39, 0.29) is 11.9 Å². The fourth-order valence-electron chi connectivity index (χ4n) is 2.09. The summed E-state index contributed by atoms with van der Waals surface area (Å²) in [4.78, 5) is 14.1. The monoisotopic (exact) mass is 252 g/mol. The van der Waals surface area contributed by atoms with E-state index in [2.05, 4.69) is 0 Å². The molecule has 2 N–H and O–H groups in total. The van der Waals surface area contributed by atoms with Crippen LogP contribution >= 0.6 is 12.2 Å². The zero-order chi connectivity index (χ0) is 12.4. The molecule has 5 heteroatoms. The first-order valence-electron chi connectivity index (χ1n) is 5.45. The molecule has 1 atom stereocenters. The highest BCUT2D eigenvalue weighted by Crippen LogP contribution is 2.20. The first-order valence-corrected chi connectivity index (χ1v) is 5.86. The molecule has 3 nitrogen and oxygen atoms in total. The molecule has 1 saturated heterocycles. The van der Waals surface area contributed by atoms with Crippen LogP contribution in [0.15, 0.2) is 24.3 Å². The van der Waals surface area contributed by atoms with Gasteiger partial charge in [-0.25, -0.2) is 4.39 Å². The summed E-state index contributed by atoms with van der Waals surface area (Å²) in [6, 6.07) is 5.47. The summed E-state index contributed by atoms with van der Waals surface area (Å²) in [6.07, 6.45) is 1.67. The molecule has 1 aliphatic rings. The van der Waals surface area contributed by atoms with Gasteiger partial charge in [0.15, 0.2) is 0 Å². The number of benzene rings is 1. The third kappa shape index (κ3) is 2.44. The lowest BCUT2D eigenvalue weighted by atomic mass is 10.1. The molecule has 0 saturated carbocycles. The van der Waals surface area contributed by atoms with Crippen molar-refractivity contribution in [2.75, 3.05) is 6.54 Å². The van der Waals surface area contributed by atoms with Crippen LogP contribution in [0.25, 0.3) is 0 Å². The average Bonchev–Trinajstić information content (AvgIpc) is 2.77. The van der Waals surface area contributed by atoms with Crippen molar-refractivity contribution in [3.8, 4) is 0 Å². The highest BCUT2D eigenvalue weighted by molar-refractivity contribution is 7.80. The van der Waals surface area contributed by atoms with E-state index in [1.807, 2.05) is 0 Å². The molecular formula is C12H13FN2OS. The van der Waals surface area contributed by atoms with Crippen LogP contribution in [0.5, 0.6) is 0 Å². The van der Waals surface area contributed by atoms with Gasteiger partial charge in [-0.05, 0) is 31.0 Å². The number of halogens is 1. The van der Waals surface area contributed by atoms with Crippen molar-refractivity contribution in [3.05, 3.63) is 35.6 Å². The number of likely N-dealkylation sites (tertiary alicyclic amines) is 1. The number of nitrogens with zero attached hydrogens (tertiary/aromatic N) is 1. The number of carbonyl (C=O) groups excluding carboxylic acids is 1. The summed E-state index contributed by atoms with van der Waals surface area (Å²) in [5, 5.41) is 0. The molecule has 1 unspecified atom stereocenters. The fraction of sp³-hybridized carbons (Fsp3) is 0.333. The van der Waals surface area contributed by atoms with E-state index in [0.717, 1.165) is 12.8 Å². The maximum Gasteiger partial charge on any atom is 0.254 e. The highest BCUT2D eigenvalue weighted by atomic mass is 32.1. The van der Waals surface area contributed by atoms with Gasteiger partial charge in [-0.1, -0.05) is 18.3 Å². The largest absolute Gasteiger partial charge is 0.392 e. The van der Waals surface area contributed by atoms with Gasteiger partial charge in [-0.3, -0.25) is 4.79 Å². The van der Waals surface area contributed by atoms with Gasteiger partial charge in [0.25, 0.3) is 5.91 Å². The Morgan fingerprint density at radius 2 is 2.29 bits per heavy atom. The van der Waals surface area contributed by atoms with Gasteiger partial charge in [0.05, 0.1) is 11.0 Å². The minimum atomic E-state index is -0.415. The molecular weight excluding hydrogens is 239 g/mol. The molecule has 90 valence electrons. The Hall–Kier alpha value is -1.49. The van der Waals surface area contributed by atoms with Gasteiger partial charge in [0, 0.05) is 12.1 Å². The van der Waals surface area contributed by atoms with Crippen molar-refractivity contribution < 1.29 is 9.18 Å². The summed E-state index contributed by atoms with van der Waals surface area (Å²) in [5.41, 5.74) is 5.94. The van der Waals surface area contributed by atoms with E-state index in [1.165, 1.54) is 18.2 Å². The third-order valence-corrected chi connectivity index (χ3v) is 3.19. The van der Waals surface area contributed by atoms with Gasteiger partial charge in [-0.2, -0.15) is 0 Å². The molecule has 0 aliphatic carbocycles. The molecule has 1 aromatic rings. The lowest BCUT2D eigenvalue weighted by Gasteiger charge is -2.23. The van der Waals surface area contributed by atoms with Gasteiger partial charge >= 0.3 is 0 Å². The first kappa shape index (κ1) is 12.0. The van der Waals surface area contributed by atoms with E-state index in [0.29, 0.717) is 17.1 Å². The maximum atomic E-state index is 13.0. The molecule has 0 aromatic heterocycles. The van der Waals surface area contributed by atoms with Crippen LogP contribution in [0.2, 0.25) is 0 Å². The molecule has 2 rings (SSSR count). The molecule has 1 fully saturated rings. The number of hydrogen-bond acceptors (Lipinski definition) is 2. The van der Waals surface area contributed by atoms with E-state index < -0.39 is 5.82 Å². The molecule has 1 aliphatic heterocycles. The van der Waals surface area contributed by atoms with Crippen molar-refractivity contribution in [3.63, 3.8) is 0 Å². The van der Waals surface area contributed by atoms with Gasteiger partial charge in [-0.15, -0.1) is 0 Å². The minimum Gasteiger partial charge on any atom is -0.392 e. The van der Waals surface area contributed by atoms with Gasteiger partial charge in [0.1, 0.15) is 5.82 Å². The van der Waals surface area contributed by atoms with Crippen molar-refractivity contribution in [2.45, 2.75) is 18.9 Å². The minimum absolute atomic E-state index is 0.194. The second-order valence-corrected chi connectivity index (χ2v) is 4.54. The smallest absolute Gasteiger partial charge is 0.254 e. The molecule has 0 bridgehead atoms. The van der Waals surface area contributed by atoms with Crippen molar-refractivity contribution in [1.29, 1.82) is 0 Å². The van der Waals surface area contributed by atoms with Gasteiger partial charge in [0.2, 0.25) is 0 Å². The van der Waals surface area contributed by atoms with Crippen molar-refractivity contribution >= 4 is 23.1 Å². The summed E-state index contributed by atoms with van der Waals surface area (Å²) < 4.78 is 13.0. The lowest BCUT2D eigenvalue weighted by Crippen LogP contribution is -2.42. The summed E-state index contributed by atoms with van der Waals surface area (Å²) in [7, 11) is 0. The van der Waals surface area contributed by atoms with E-state index in [9.17, 15) is 9.18 Å². The van der Waals surface area contributed by atoms with E-state index in [4.69, 9.17) is 18.0 Å². The van der Waals surface area contributed by atoms with Gasteiger partial charge < -0.3 is 10.6 Å². The van der Waals surface area contributed by atoms with Crippen LogP contribution in [0.3, 0.4) is 0 Å². The molecule has 17 heavy (non-hydrogen) atoms. The molecule has 1 heterocycles. The predicted molar refractivity (Wildman–Crippen MR) is 67.2 cm³/mol. The number of amides is 1. The molecule has 1 aromatic carbocycles. The summed E-state index contributed by atoms with van der Waals surface area (Å²) >= 11 is 4.94. The lowest BCUT2D eigenvalue weighted by molar-refractivity contribution is 0.0770. The standard InChI is InChI=1S/C12H13FN2OS/c13-9-4-1-3-8(7-9)12(16)15-6-2-5-10(15)11(14)17/h1,3-4,7,10H,2,5-6H2,(H2,14,17). The molecule has 1 amide bonds. The normalized spacial score (nSPS) is 19.4.